The third-order valence-corrected chi connectivity index (χ3v) is 7.46. The van der Waals surface area contributed by atoms with Crippen LogP contribution in [0.2, 0.25) is 0 Å². The molecule has 33 heavy (non-hydrogen) atoms. The summed E-state index contributed by atoms with van der Waals surface area (Å²) in [5.41, 5.74) is 4.55. The standard InChI is InChI=1S/C28H29N3O2/c1-19-28(20-11-14-30(19)15-12-20)33-27-10-4-23(18-29-27)21-3-9-26-22(17-21)13-16-31(26)24-5-7-25(32-2)8-6-24/h3-10,13,16-20,28H,11-12,14-15H2,1-2H3. The second-order valence-corrected chi connectivity index (χ2v) is 9.24. The quantitative estimate of drug-likeness (QED) is 0.408. The minimum Gasteiger partial charge on any atom is -0.497 e. The summed E-state index contributed by atoms with van der Waals surface area (Å²) < 4.78 is 13.8. The fourth-order valence-electron chi connectivity index (χ4n) is 5.50. The lowest BCUT2D eigenvalue weighted by Crippen LogP contribution is -2.58. The number of methoxy groups -OCH3 is 1. The fourth-order valence-corrected chi connectivity index (χ4v) is 5.50. The van der Waals surface area contributed by atoms with Gasteiger partial charge < -0.3 is 14.0 Å². The fraction of sp³-hybridized carbons (Fsp3) is 0.321. The molecule has 2 aromatic carbocycles. The molecule has 0 amide bonds. The van der Waals surface area contributed by atoms with Crippen molar-refractivity contribution in [3.05, 3.63) is 73.1 Å². The summed E-state index contributed by atoms with van der Waals surface area (Å²) in [5.74, 6) is 2.25. The summed E-state index contributed by atoms with van der Waals surface area (Å²) in [7, 11) is 1.69. The van der Waals surface area contributed by atoms with Gasteiger partial charge in [0, 0.05) is 41.1 Å². The first-order chi connectivity index (χ1) is 16.2. The lowest BCUT2D eigenvalue weighted by atomic mass is 9.81. The van der Waals surface area contributed by atoms with Gasteiger partial charge in [0.25, 0.3) is 0 Å². The van der Waals surface area contributed by atoms with E-state index >= 15 is 0 Å². The van der Waals surface area contributed by atoms with Crippen molar-refractivity contribution in [2.24, 2.45) is 5.92 Å². The molecule has 3 aliphatic heterocycles. The highest BCUT2D eigenvalue weighted by Crippen LogP contribution is 2.35. The Balaban J connectivity index is 1.22. The molecule has 0 aliphatic carbocycles. The molecule has 5 heteroatoms. The van der Waals surface area contributed by atoms with Gasteiger partial charge in [0.2, 0.25) is 5.88 Å². The van der Waals surface area contributed by atoms with Gasteiger partial charge in [0.05, 0.1) is 12.6 Å². The highest BCUT2D eigenvalue weighted by Gasteiger charge is 2.41. The van der Waals surface area contributed by atoms with E-state index in [4.69, 9.17) is 9.47 Å². The molecule has 2 atom stereocenters. The molecular weight excluding hydrogens is 410 g/mol. The second kappa shape index (κ2) is 8.23. The Morgan fingerprint density at radius 3 is 2.39 bits per heavy atom. The van der Waals surface area contributed by atoms with Crippen molar-refractivity contribution in [1.29, 1.82) is 0 Å². The zero-order chi connectivity index (χ0) is 22.4. The van der Waals surface area contributed by atoms with Crippen molar-refractivity contribution in [2.45, 2.75) is 31.9 Å². The topological polar surface area (TPSA) is 39.5 Å². The average molecular weight is 440 g/mol. The molecule has 3 aliphatic rings. The Bertz CT molecular complexity index is 1250. The molecular formula is C28H29N3O2. The monoisotopic (exact) mass is 439 g/mol. The Morgan fingerprint density at radius 1 is 0.909 bits per heavy atom. The lowest BCUT2D eigenvalue weighted by Gasteiger charge is -2.49. The minimum absolute atomic E-state index is 0.250. The predicted molar refractivity (Wildman–Crippen MR) is 131 cm³/mol. The van der Waals surface area contributed by atoms with E-state index < -0.39 is 0 Å². The molecule has 3 saturated heterocycles. The maximum Gasteiger partial charge on any atom is 0.213 e. The van der Waals surface area contributed by atoms with Crippen LogP contribution >= 0.6 is 0 Å². The van der Waals surface area contributed by atoms with Crippen LogP contribution in [0, 0.1) is 5.92 Å². The number of piperidine rings is 3. The van der Waals surface area contributed by atoms with Crippen molar-refractivity contribution in [3.8, 4) is 28.4 Å². The molecule has 0 N–H and O–H groups in total. The third kappa shape index (κ3) is 3.66. The lowest BCUT2D eigenvalue weighted by molar-refractivity contribution is -0.0525. The molecule has 2 bridgehead atoms. The SMILES string of the molecule is COc1ccc(-n2ccc3cc(-c4ccc(OC5C6CCN(CC6)C5C)nc4)ccc32)cc1. The van der Waals surface area contributed by atoms with Gasteiger partial charge in [0.1, 0.15) is 11.9 Å². The molecule has 7 rings (SSSR count). The van der Waals surface area contributed by atoms with Crippen LogP contribution in [0.25, 0.3) is 27.7 Å². The van der Waals surface area contributed by atoms with E-state index in [0.717, 1.165) is 28.4 Å². The van der Waals surface area contributed by atoms with Gasteiger partial charge in [-0.15, -0.1) is 0 Å². The smallest absolute Gasteiger partial charge is 0.213 e. The van der Waals surface area contributed by atoms with Crippen LogP contribution in [-0.2, 0) is 0 Å². The van der Waals surface area contributed by atoms with Crippen LogP contribution in [0.4, 0.5) is 0 Å². The maximum absolute atomic E-state index is 6.37. The largest absolute Gasteiger partial charge is 0.497 e. The number of aromatic nitrogens is 2. The van der Waals surface area contributed by atoms with Crippen LogP contribution in [0.15, 0.2) is 73.1 Å². The van der Waals surface area contributed by atoms with E-state index in [9.17, 15) is 0 Å². The van der Waals surface area contributed by atoms with E-state index in [0.29, 0.717) is 12.0 Å². The van der Waals surface area contributed by atoms with Gasteiger partial charge >= 0.3 is 0 Å². The molecule has 2 aromatic heterocycles. The van der Waals surface area contributed by atoms with Crippen molar-refractivity contribution in [2.75, 3.05) is 20.2 Å². The number of hydrogen-bond donors (Lipinski definition) is 0. The van der Waals surface area contributed by atoms with E-state index in [2.05, 4.69) is 70.0 Å². The summed E-state index contributed by atoms with van der Waals surface area (Å²) >= 11 is 0. The molecule has 2 unspecified atom stereocenters. The minimum atomic E-state index is 0.250. The van der Waals surface area contributed by atoms with E-state index in [1.54, 1.807) is 7.11 Å². The van der Waals surface area contributed by atoms with Crippen LogP contribution in [0.3, 0.4) is 0 Å². The first kappa shape index (κ1) is 20.3. The number of pyridine rings is 1. The highest BCUT2D eigenvalue weighted by molar-refractivity contribution is 5.87. The van der Waals surface area contributed by atoms with Crippen molar-refractivity contribution in [1.82, 2.24) is 14.5 Å². The zero-order valence-electron chi connectivity index (χ0n) is 19.1. The molecule has 3 fully saturated rings. The number of rotatable bonds is 5. The first-order valence-corrected chi connectivity index (χ1v) is 11.8. The van der Waals surface area contributed by atoms with Gasteiger partial charge in [-0.2, -0.15) is 0 Å². The molecule has 0 saturated carbocycles. The molecule has 168 valence electrons. The summed E-state index contributed by atoms with van der Waals surface area (Å²) in [4.78, 5) is 7.21. The van der Waals surface area contributed by atoms with Gasteiger partial charge in [-0.3, -0.25) is 4.90 Å². The highest BCUT2D eigenvalue weighted by atomic mass is 16.5. The number of ether oxygens (including phenoxy) is 2. The Kier molecular flexibility index (Phi) is 5.07. The summed E-state index contributed by atoms with van der Waals surface area (Å²) in [5, 5.41) is 1.20. The molecule has 0 spiro atoms. The van der Waals surface area contributed by atoms with Crippen LogP contribution < -0.4 is 9.47 Å². The summed E-state index contributed by atoms with van der Waals surface area (Å²) in [6.45, 7) is 4.71. The van der Waals surface area contributed by atoms with E-state index in [1.807, 2.05) is 24.4 Å². The van der Waals surface area contributed by atoms with Gasteiger partial charge in [-0.25, -0.2) is 4.98 Å². The van der Waals surface area contributed by atoms with Gasteiger partial charge in [0.15, 0.2) is 0 Å². The van der Waals surface area contributed by atoms with Crippen molar-refractivity contribution >= 4 is 10.9 Å². The van der Waals surface area contributed by atoms with Crippen LogP contribution in [0.1, 0.15) is 19.8 Å². The van der Waals surface area contributed by atoms with Crippen LogP contribution in [-0.4, -0.2) is 46.8 Å². The summed E-state index contributed by atoms with van der Waals surface area (Å²) in [6, 6.07) is 21.5. The third-order valence-electron chi connectivity index (χ3n) is 7.46. The molecule has 5 heterocycles. The van der Waals surface area contributed by atoms with E-state index in [-0.39, 0.29) is 6.10 Å². The number of nitrogens with zero attached hydrogens (tertiary/aromatic N) is 3. The van der Waals surface area contributed by atoms with Crippen molar-refractivity contribution in [3.63, 3.8) is 0 Å². The van der Waals surface area contributed by atoms with Gasteiger partial charge in [-0.05, 0) is 92.9 Å². The Morgan fingerprint density at radius 2 is 1.70 bits per heavy atom. The Labute approximate surface area is 194 Å². The van der Waals surface area contributed by atoms with Crippen molar-refractivity contribution < 1.29 is 9.47 Å². The Hall–Kier alpha value is -3.31. The number of benzene rings is 2. The predicted octanol–water partition coefficient (Wildman–Crippen LogP) is 5.56. The zero-order valence-corrected chi connectivity index (χ0v) is 19.1. The normalized spacial score (nSPS) is 24.2. The molecule has 4 aromatic rings. The first-order valence-electron chi connectivity index (χ1n) is 11.8. The molecule has 0 radical (unpaired) electrons. The molecule has 5 nitrogen and oxygen atoms in total. The number of hydrogen-bond acceptors (Lipinski definition) is 4. The average Bonchev–Trinajstić information content (AvgIpc) is 3.30. The summed E-state index contributed by atoms with van der Waals surface area (Å²) in [6.07, 6.45) is 6.77. The van der Waals surface area contributed by atoms with Gasteiger partial charge in [-0.1, -0.05) is 6.07 Å². The van der Waals surface area contributed by atoms with Crippen LogP contribution in [0.5, 0.6) is 11.6 Å². The maximum atomic E-state index is 6.37. The second-order valence-electron chi connectivity index (χ2n) is 9.24. The van der Waals surface area contributed by atoms with E-state index in [1.165, 1.54) is 36.8 Å². The number of fused-ring (bicyclic) bond motifs is 4.